The van der Waals surface area contributed by atoms with Crippen LogP contribution in [0.25, 0.3) is 11.2 Å². The van der Waals surface area contributed by atoms with Crippen molar-refractivity contribution in [2.24, 2.45) is 0 Å². The van der Waals surface area contributed by atoms with E-state index in [2.05, 4.69) is 30.9 Å². The number of aromatic nitrogens is 4. The number of aliphatic hydroxyl groups excluding tert-OH is 2. The summed E-state index contributed by atoms with van der Waals surface area (Å²) in [6, 6.07) is 0.287. The number of nitrogens with one attached hydrogen (secondary N) is 3. The molecule has 3 fully saturated rings. The maximum Gasteiger partial charge on any atom is 0.167 e. The minimum Gasteiger partial charge on any atom is -0.387 e. The molecule has 0 bridgehead atoms. The number of hydrogen-bond donors (Lipinski definition) is 5. The van der Waals surface area contributed by atoms with Crippen LogP contribution < -0.4 is 16.0 Å². The van der Waals surface area contributed by atoms with Gasteiger partial charge in [-0.25, -0.2) is 15.0 Å². The van der Waals surface area contributed by atoms with Crippen molar-refractivity contribution in [1.82, 2.24) is 30.2 Å². The summed E-state index contributed by atoms with van der Waals surface area (Å²) in [5, 5.41) is 31.2. The van der Waals surface area contributed by atoms with Gasteiger partial charge in [0.05, 0.1) is 12.4 Å². The van der Waals surface area contributed by atoms with Gasteiger partial charge < -0.3 is 30.3 Å². The average Bonchev–Trinajstić information content (AvgIpc) is 3.51. The Balaban J connectivity index is 1.39. The molecule has 11 heteroatoms. The van der Waals surface area contributed by atoms with Gasteiger partial charge in [0.1, 0.15) is 30.9 Å². The molecule has 0 spiro atoms. The summed E-state index contributed by atoms with van der Waals surface area (Å²) in [4.78, 5) is 13.1. The van der Waals surface area contributed by atoms with E-state index >= 15 is 0 Å². The molecule has 3 aliphatic heterocycles. The predicted molar refractivity (Wildman–Crippen MR) is 103 cm³/mol. The molecule has 2 aromatic heterocycles. The number of anilines is 1. The van der Waals surface area contributed by atoms with Gasteiger partial charge in [-0.2, -0.15) is 0 Å². The van der Waals surface area contributed by atoms with Crippen LogP contribution >= 0.6 is 0 Å². The second-order valence-electron chi connectivity index (χ2n) is 7.85. The van der Waals surface area contributed by atoms with Crippen molar-refractivity contribution >= 4 is 17.0 Å². The number of imidazole rings is 1. The number of aliphatic hydroxyl groups is 2. The summed E-state index contributed by atoms with van der Waals surface area (Å²) in [5.41, 5.74) is 1.14. The van der Waals surface area contributed by atoms with Crippen LogP contribution in [0.3, 0.4) is 0 Å². The second kappa shape index (κ2) is 7.74. The Hall–Kier alpha value is -1.89. The van der Waals surface area contributed by atoms with E-state index in [-0.39, 0.29) is 12.1 Å². The maximum absolute atomic E-state index is 10.7. The molecular weight excluding hydrogens is 378 g/mol. The first kappa shape index (κ1) is 19.1. The fourth-order valence-corrected chi connectivity index (χ4v) is 4.27. The first-order chi connectivity index (χ1) is 14.2. The lowest BCUT2D eigenvalue weighted by molar-refractivity contribution is -0.108. The van der Waals surface area contributed by atoms with Crippen molar-refractivity contribution in [1.29, 1.82) is 0 Å². The third-order valence-electron chi connectivity index (χ3n) is 5.95. The standard InChI is InChI=1S/C18H27N7O4/c1-2-10-6-20-17(28-10)14-12(26)13(27)18(29-14)25-8-23-11-15(21-7-22-16(11)25)24-9-3-4-19-5-9/h7-10,12-14,17-20,26-27H,2-6H2,1H3,(H,21,22,24)/t9?,10?,12-,13+,14-,17?,18+/m0/s1. The van der Waals surface area contributed by atoms with Crippen LogP contribution in [0.2, 0.25) is 0 Å². The lowest BCUT2D eigenvalue weighted by Crippen LogP contribution is -2.44. The van der Waals surface area contributed by atoms with E-state index in [4.69, 9.17) is 9.47 Å². The quantitative estimate of drug-likeness (QED) is 0.418. The van der Waals surface area contributed by atoms with Crippen LogP contribution in [-0.4, -0.2) is 86.1 Å². The van der Waals surface area contributed by atoms with Crippen molar-refractivity contribution in [2.45, 2.75) is 62.7 Å². The van der Waals surface area contributed by atoms with Crippen LogP contribution in [0, 0.1) is 0 Å². The molecule has 0 amide bonds. The Labute approximate surface area is 167 Å². The van der Waals surface area contributed by atoms with Crippen LogP contribution in [0.5, 0.6) is 0 Å². The van der Waals surface area contributed by atoms with E-state index < -0.39 is 30.8 Å². The van der Waals surface area contributed by atoms with Gasteiger partial charge >= 0.3 is 0 Å². The predicted octanol–water partition coefficient (Wildman–Crippen LogP) is -1.06. The molecule has 5 N–H and O–H groups in total. The van der Waals surface area contributed by atoms with Gasteiger partial charge in [-0.3, -0.25) is 9.88 Å². The number of ether oxygens (including phenoxy) is 2. The fourth-order valence-electron chi connectivity index (χ4n) is 4.27. The summed E-state index contributed by atoms with van der Waals surface area (Å²) >= 11 is 0. The molecule has 29 heavy (non-hydrogen) atoms. The van der Waals surface area contributed by atoms with Gasteiger partial charge in [-0.15, -0.1) is 0 Å². The number of fused-ring (bicyclic) bond motifs is 1. The lowest BCUT2D eigenvalue weighted by Gasteiger charge is -2.21. The highest BCUT2D eigenvalue weighted by Crippen LogP contribution is 2.35. The molecule has 0 radical (unpaired) electrons. The minimum atomic E-state index is -1.13. The molecule has 0 aliphatic carbocycles. The lowest BCUT2D eigenvalue weighted by atomic mass is 10.1. The summed E-state index contributed by atoms with van der Waals surface area (Å²) in [5.74, 6) is 0.651. The highest BCUT2D eigenvalue weighted by molar-refractivity contribution is 5.82. The van der Waals surface area contributed by atoms with Crippen molar-refractivity contribution in [3.8, 4) is 0 Å². The SMILES string of the molecule is CCC1CNC([C@H]2O[C@@H](n3cnc4c(NC5CCNC5)ncnc43)[C@H](O)[C@@H]2O)O1. The zero-order chi connectivity index (χ0) is 20.0. The Kier molecular flexibility index (Phi) is 5.10. The van der Waals surface area contributed by atoms with Gasteiger partial charge in [-0.05, 0) is 19.4 Å². The van der Waals surface area contributed by atoms with Gasteiger partial charge in [-0.1, -0.05) is 6.92 Å². The van der Waals surface area contributed by atoms with Gasteiger partial charge in [0.15, 0.2) is 23.2 Å². The minimum absolute atomic E-state index is 0.0764. The van der Waals surface area contributed by atoms with Crippen LogP contribution in [0.15, 0.2) is 12.7 Å². The highest BCUT2D eigenvalue weighted by Gasteiger charge is 2.49. The highest BCUT2D eigenvalue weighted by atomic mass is 16.6. The smallest absolute Gasteiger partial charge is 0.167 e. The van der Waals surface area contributed by atoms with Gasteiger partial charge in [0.25, 0.3) is 0 Å². The number of nitrogens with zero attached hydrogens (tertiary/aromatic N) is 4. The Morgan fingerprint density at radius 3 is 2.86 bits per heavy atom. The van der Waals surface area contributed by atoms with Crippen LogP contribution in [0.4, 0.5) is 5.82 Å². The van der Waals surface area contributed by atoms with Crippen molar-refractivity contribution in [3.63, 3.8) is 0 Å². The van der Waals surface area contributed by atoms with Gasteiger partial charge in [0, 0.05) is 19.1 Å². The maximum atomic E-state index is 10.7. The Bertz CT molecular complexity index is 858. The molecule has 11 nitrogen and oxygen atoms in total. The van der Waals surface area contributed by atoms with E-state index in [0.29, 0.717) is 23.5 Å². The van der Waals surface area contributed by atoms with E-state index in [1.54, 1.807) is 10.9 Å². The molecular formula is C18H27N7O4. The van der Waals surface area contributed by atoms with E-state index in [9.17, 15) is 10.2 Å². The van der Waals surface area contributed by atoms with Crippen molar-refractivity contribution in [2.75, 3.05) is 25.0 Å². The molecule has 3 aliphatic rings. The molecule has 2 aromatic rings. The summed E-state index contributed by atoms with van der Waals surface area (Å²) < 4.78 is 13.6. The molecule has 158 valence electrons. The number of hydrogen-bond acceptors (Lipinski definition) is 10. The van der Waals surface area contributed by atoms with Crippen molar-refractivity contribution in [3.05, 3.63) is 12.7 Å². The second-order valence-corrected chi connectivity index (χ2v) is 7.85. The normalized spacial score (nSPS) is 37.6. The third-order valence-corrected chi connectivity index (χ3v) is 5.95. The van der Waals surface area contributed by atoms with E-state index in [1.165, 1.54) is 6.33 Å². The average molecular weight is 405 g/mol. The zero-order valence-electron chi connectivity index (χ0n) is 16.2. The molecule has 7 atom stereocenters. The Morgan fingerprint density at radius 1 is 1.21 bits per heavy atom. The summed E-state index contributed by atoms with van der Waals surface area (Å²) in [6.45, 7) is 4.58. The van der Waals surface area contributed by atoms with E-state index in [0.717, 1.165) is 25.9 Å². The topological polar surface area (TPSA) is 139 Å². The fraction of sp³-hybridized carbons (Fsp3) is 0.722. The van der Waals surface area contributed by atoms with Crippen LogP contribution in [-0.2, 0) is 9.47 Å². The largest absolute Gasteiger partial charge is 0.387 e. The summed E-state index contributed by atoms with van der Waals surface area (Å²) in [7, 11) is 0. The molecule has 5 heterocycles. The molecule has 0 saturated carbocycles. The molecule has 5 rings (SSSR count). The molecule has 0 aromatic carbocycles. The first-order valence-electron chi connectivity index (χ1n) is 10.2. The first-order valence-corrected chi connectivity index (χ1v) is 10.2. The number of rotatable bonds is 5. The summed E-state index contributed by atoms with van der Waals surface area (Å²) in [6.07, 6.45) is 0.800. The molecule has 3 saturated heterocycles. The Morgan fingerprint density at radius 2 is 2.10 bits per heavy atom. The third kappa shape index (κ3) is 3.37. The molecule has 3 unspecified atom stereocenters. The van der Waals surface area contributed by atoms with Crippen molar-refractivity contribution < 1.29 is 19.7 Å². The van der Waals surface area contributed by atoms with Gasteiger partial charge in [0.2, 0.25) is 0 Å². The monoisotopic (exact) mass is 405 g/mol. The zero-order valence-corrected chi connectivity index (χ0v) is 16.2. The van der Waals surface area contributed by atoms with Crippen LogP contribution in [0.1, 0.15) is 26.0 Å². The van der Waals surface area contributed by atoms with E-state index in [1.807, 2.05) is 6.92 Å².